The van der Waals surface area contributed by atoms with Crippen LogP contribution in [-0.4, -0.2) is 33.8 Å². The summed E-state index contributed by atoms with van der Waals surface area (Å²) in [6.45, 7) is 1.57. The molecular formula is C15H25ClN2O2S. The zero-order valence-corrected chi connectivity index (χ0v) is 14.1. The van der Waals surface area contributed by atoms with Crippen molar-refractivity contribution in [2.45, 2.75) is 42.5 Å². The number of rotatable bonds is 5. The minimum Gasteiger partial charge on any atom is -0.329 e. The predicted molar refractivity (Wildman–Crippen MR) is 88.9 cm³/mol. The molecule has 0 aromatic heterocycles. The van der Waals surface area contributed by atoms with Gasteiger partial charge in [-0.25, -0.2) is 8.42 Å². The van der Waals surface area contributed by atoms with Gasteiger partial charge in [0.25, 0.3) is 0 Å². The van der Waals surface area contributed by atoms with E-state index in [1.807, 2.05) is 12.1 Å². The topological polar surface area (TPSA) is 72.2 Å². The van der Waals surface area contributed by atoms with E-state index in [0.717, 1.165) is 19.4 Å². The fourth-order valence-electron chi connectivity index (χ4n) is 2.91. The molecule has 0 aliphatic heterocycles. The third-order valence-corrected chi connectivity index (χ3v) is 5.21. The van der Waals surface area contributed by atoms with Crippen LogP contribution in [-0.2, 0) is 9.84 Å². The predicted octanol–water partition coefficient (Wildman–Crippen LogP) is 2.09. The number of hydrogen-bond donors (Lipinski definition) is 2. The highest BCUT2D eigenvalue weighted by Gasteiger charge is 2.22. The average molecular weight is 333 g/mol. The van der Waals surface area contributed by atoms with Crippen LogP contribution in [0.25, 0.3) is 0 Å². The van der Waals surface area contributed by atoms with Gasteiger partial charge in [-0.15, -0.1) is 12.4 Å². The largest absolute Gasteiger partial charge is 0.329 e. The van der Waals surface area contributed by atoms with Crippen LogP contribution in [0.4, 0.5) is 0 Å². The molecule has 6 heteroatoms. The molecule has 1 aliphatic rings. The molecule has 0 spiro atoms. The van der Waals surface area contributed by atoms with E-state index < -0.39 is 9.84 Å². The molecule has 0 bridgehead atoms. The van der Waals surface area contributed by atoms with Gasteiger partial charge in [-0.3, -0.25) is 0 Å². The molecule has 0 heterocycles. The molecule has 1 aromatic carbocycles. The van der Waals surface area contributed by atoms with Crippen LogP contribution >= 0.6 is 12.4 Å². The summed E-state index contributed by atoms with van der Waals surface area (Å²) in [5.41, 5.74) is 6.76. The van der Waals surface area contributed by atoms with Crippen molar-refractivity contribution in [2.75, 3.05) is 19.3 Å². The Morgan fingerprint density at radius 1 is 1.14 bits per heavy atom. The maximum atomic E-state index is 11.4. The average Bonchev–Trinajstić information content (AvgIpc) is 2.45. The smallest absolute Gasteiger partial charge is 0.175 e. The van der Waals surface area contributed by atoms with Crippen LogP contribution in [0.15, 0.2) is 29.2 Å². The summed E-state index contributed by atoms with van der Waals surface area (Å²) in [5.74, 6) is 0.555. The van der Waals surface area contributed by atoms with Crippen molar-refractivity contribution in [1.82, 2.24) is 5.32 Å². The van der Waals surface area contributed by atoms with Crippen LogP contribution in [0, 0.1) is 0 Å². The number of halogens is 1. The van der Waals surface area contributed by atoms with Crippen molar-refractivity contribution in [2.24, 2.45) is 5.73 Å². The molecule has 1 aromatic rings. The normalized spacial score (nSPS) is 22.6. The lowest BCUT2D eigenvalue weighted by Gasteiger charge is -2.29. The van der Waals surface area contributed by atoms with Crippen LogP contribution in [0.1, 0.15) is 37.2 Å². The minimum atomic E-state index is -3.09. The number of sulfone groups is 1. The van der Waals surface area contributed by atoms with E-state index in [2.05, 4.69) is 5.32 Å². The Morgan fingerprint density at radius 3 is 2.19 bits per heavy atom. The highest BCUT2D eigenvalue weighted by Crippen LogP contribution is 2.33. The van der Waals surface area contributed by atoms with Crippen LogP contribution in [0.2, 0.25) is 0 Å². The molecule has 0 amide bonds. The summed E-state index contributed by atoms with van der Waals surface area (Å²) in [5, 5.41) is 3.47. The van der Waals surface area contributed by atoms with Gasteiger partial charge in [0.1, 0.15) is 0 Å². The second-order valence-corrected chi connectivity index (χ2v) is 7.65. The SMILES string of the molecule is CS(=O)(=O)c1ccc(C2CCC(NCCN)CC2)cc1.Cl. The van der Waals surface area contributed by atoms with E-state index >= 15 is 0 Å². The van der Waals surface area contributed by atoms with E-state index in [-0.39, 0.29) is 12.4 Å². The second-order valence-electron chi connectivity index (χ2n) is 5.63. The summed E-state index contributed by atoms with van der Waals surface area (Å²) in [7, 11) is -3.09. The van der Waals surface area contributed by atoms with Gasteiger partial charge in [0.2, 0.25) is 0 Å². The molecule has 1 saturated carbocycles. The van der Waals surface area contributed by atoms with Crippen LogP contribution < -0.4 is 11.1 Å². The van der Waals surface area contributed by atoms with Crippen molar-refractivity contribution >= 4 is 22.2 Å². The Balaban J connectivity index is 0.00000220. The Kier molecular flexibility index (Phi) is 7.13. The van der Waals surface area contributed by atoms with Crippen molar-refractivity contribution < 1.29 is 8.42 Å². The monoisotopic (exact) mass is 332 g/mol. The van der Waals surface area contributed by atoms with E-state index in [0.29, 0.717) is 23.4 Å². The first-order valence-electron chi connectivity index (χ1n) is 7.24. The van der Waals surface area contributed by atoms with Gasteiger partial charge >= 0.3 is 0 Å². The highest BCUT2D eigenvalue weighted by molar-refractivity contribution is 7.90. The number of benzene rings is 1. The maximum absolute atomic E-state index is 11.4. The van der Waals surface area contributed by atoms with Crippen molar-refractivity contribution in [3.8, 4) is 0 Å². The molecular weight excluding hydrogens is 308 g/mol. The van der Waals surface area contributed by atoms with Crippen molar-refractivity contribution in [1.29, 1.82) is 0 Å². The lowest BCUT2D eigenvalue weighted by Crippen LogP contribution is -2.35. The summed E-state index contributed by atoms with van der Waals surface area (Å²) >= 11 is 0. The van der Waals surface area contributed by atoms with E-state index in [9.17, 15) is 8.42 Å². The van der Waals surface area contributed by atoms with Gasteiger partial charge in [-0.05, 0) is 49.3 Å². The fourth-order valence-corrected chi connectivity index (χ4v) is 3.54. The van der Waals surface area contributed by atoms with Gasteiger partial charge in [0.05, 0.1) is 4.90 Å². The molecule has 4 nitrogen and oxygen atoms in total. The standard InChI is InChI=1S/C15H24N2O2S.ClH/c1-20(18,19)15-8-4-13(5-9-15)12-2-6-14(7-3-12)17-11-10-16;/h4-5,8-9,12,14,17H,2-3,6-7,10-11,16H2,1H3;1H. The maximum Gasteiger partial charge on any atom is 0.175 e. The summed E-state index contributed by atoms with van der Waals surface area (Å²) in [6.07, 6.45) is 5.88. The lowest BCUT2D eigenvalue weighted by atomic mass is 9.82. The Labute approximate surface area is 133 Å². The summed E-state index contributed by atoms with van der Waals surface area (Å²) in [6, 6.07) is 7.97. The fraction of sp³-hybridized carbons (Fsp3) is 0.600. The number of nitrogens with two attached hydrogens (primary N) is 1. The quantitative estimate of drug-likeness (QED) is 0.866. The second kappa shape index (κ2) is 8.13. The van der Waals surface area contributed by atoms with E-state index in [4.69, 9.17) is 5.73 Å². The van der Waals surface area contributed by atoms with Crippen molar-refractivity contribution in [3.05, 3.63) is 29.8 Å². The minimum absolute atomic E-state index is 0. The Hall–Kier alpha value is -0.620. The molecule has 1 aliphatic carbocycles. The van der Waals surface area contributed by atoms with Crippen LogP contribution in [0.5, 0.6) is 0 Å². The Bertz CT molecular complexity index is 523. The Morgan fingerprint density at radius 2 is 1.71 bits per heavy atom. The zero-order chi connectivity index (χ0) is 14.6. The summed E-state index contributed by atoms with van der Waals surface area (Å²) < 4.78 is 22.9. The molecule has 21 heavy (non-hydrogen) atoms. The molecule has 1 fully saturated rings. The molecule has 2 rings (SSSR count). The van der Waals surface area contributed by atoms with Crippen molar-refractivity contribution in [3.63, 3.8) is 0 Å². The highest BCUT2D eigenvalue weighted by atomic mass is 35.5. The first-order valence-corrected chi connectivity index (χ1v) is 9.13. The van der Waals surface area contributed by atoms with Gasteiger partial charge in [0, 0.05) is 25.4 Å². The van der Waals surface area contributed by atoms with Crippen LogP contribution in [0.3, 0.4) is 0 Å². The lowest BCUT2D eigenvalue weighted by molar-refractivity contribution is 0.345. The zero-order valence-electron chi connectivity index (χ0n) is 12.4. The van der Waals surface area contributed by atoms with Gasteiger partial charge in [-0.1, -0.05) is 12.1 Å². The summed E-state index contributed by atoms with van der Waals surface area (Å²) in [4.78, 5) is 0.402. The number of hydrogen-bond acceptors (Lipinski definition) is 4. The first-order chi connectivity index (χ1) is 9.50. The molecule has 120 valence electrons. The molecule has 0 atom stereocenters. The van der Waals surface area contributed by atoms with Gasteiger partial charge in [0.15, 0.2) is 9.84 Å². The van der Waals surface area contributed by atoms with E-state index in [1.165, 1.54) is 24.7 Å². The first kappa shape index (κ1) is 18.4. The molecule has 3 N–H and O–H groups in total. The molecule has 0 unspecified atom stereocenters. The molecule has 0 saturated heterocycles. The van der Waals surface area contributed by atoms with Gasteiger partial charge < -0.3 is 11.1 Å². The molecule has 0 radical (unpaired) electrons. The number of nitrogens with one attached hydrogen (secondary N) is 1. The third-order valence-electron chi connectivity index (χ3n) is 4.08. The van der Waals surface area contributed by atoms with E-state index in [1.54, 1.807) is 12.1 Å². The third kappa shape index (κ3) is 5.25. The van der Waals surface area contributed by atoms with Gasteiger partial charge in [-0.2, -0.15) is 0 Å².